The molecule has 0 heterocycles. The molecule has 106 valence electrons. The van der Waals surface area contributed by atoms with Crippen molar-refractivity contribution in [1.82, 2.24) is 0 Å². The van der Waals surface area contributed by atoms with Crippen molar-refractivity contribution >= 4 is 17.3 Å². The summed E-state index contributed by atoms with van der Waals surface area (Å²) >= 11 is 5.72. The van der Waals surface area contributed by atoms with Crippen LogP contribution in [0, 0.1) is 18.6 Å². The van der Waals surface area contributed by atoms with E-state index in [0.717, 1.165) is 5.56 Å². The molecular weight excluding hydrogens is 284 g/mol. The monoisotopic (exact) mass is 297 g/mol. The van der Waals surface area contributed by atoms with Crippen LogP contribution in [0.2, 0.25) is 5.02 Å². The summed E-state index contributed by atoms with van der Waals surface area (Å²) in [6.45, 7) is 1.41. The average molecular weight is 298 g/mol. The number of aryl methyl sites for hydroxylation is 1. The Bertz CT molecular complexity index is 599. The number of halogens is 3. The number of benzene rings is 2. The molecule has 5 heteroatoms. The number of aliphatic hydroxyl groups is 1. The van der Waals surface area contributed by atoms with E-state index < -0.39 is 17.7 Å². The van der Waals surface area contributed by atoms with Gasteiger partial charge in [-0.15, -0.1) is 0 Å². The lowest BCUT2D eigenvalue weighted by atomic mass is 10.1. The highest BCUT2D eigenvalue weighted by Gasteiger charge is 2.17. The molecule has 2 aromatic carbocycles. The number of hydrogen-bond acceptors (Lipinski definition) is 2. The van der Waals surface area contributed by atoms with Crippen LogP contribution in [0.15, 0.2) is 36.4 Å². The highest BCUT2D eigenvalue weighted by Crippen LogP contribution is 2.26. The van der Waals surface area contributed by atoms with E-state index in [2.05, 4.69) is 5.32 Å². The molecule has 0 aromatic heterocycles. The van der Waals surface area contributed by atoms with Crippen LogP contribution in [0.1, 0.15) is 17.2 Å². The summed E-state index contributed by atoms with van der Waals surface area (Å²) in [5, 5.41) is 12.3. The lowest BCUT2D eigenvalue weighted by molar-refractivity contribution is 0.274. The molecular formula is C15H14ClF2NO. The first-order valence-electron chi connectivity index (χ1n) is 6.09. The molecule has 0 aliphatic rings. The molecule has 0 amide bonds. The Hall–Kier alpha value is -1.65. The highest BCUT2D eigenvalue weighted by molar-refractivity contribution is 6.30. The van der Waals surface area contributed by atoms with E-state index in [1.54, 1.807) is 19.1 Å². The van der Waals surface area contributed by atoms with Gasteiger partial charge < -0.3 is 10.4 Å². The van der Waals surface area contributed by atoms with Crippen LogP contribution in [0.5, 0.6) is 0 Å². The van der Waals surface area contributed by atoms with E-state index >= 15 is 0 Å². The van der Waals surface area contributed by atoms with Crippen molar-refractivity contribution in [1.29, 1.82) is 0 Å². The van der Waals surface area contributed by atoms with E-state index in [4.69, 9.17) is 11.6 Å². The molecule has 0 saturated heterocycles. The second kappa shape index (κ2) is 6.20. The maximum Gasteiger partial charge on any atom is 0.147 e. The van der Waals surface area contributed by atoms with Gasteiger partial charge >= 0.3 is 0 Å². The van der Waals surface area contributed by atoms with Crippen molar-refractivity contribution < 1.29 is 13.9 Å². The molecule has 0 radical (unpaired) electrons. The summed E-state index contributed by atoms with van der Waals surface area (Å²) < 4.78 is 27.3. The number of aliphatic hydroxyl groups excluding tert-OH is 1. The van der Waals surface area contributed by atoms with Gasteiger partial charge in [-0.3, -0.25) is 0 Å². The van der Waals surface area contributed by atoms with E-state index in [-0.39, 0.29) is 17.2 Å². The van der Waals surface area contributed by atoms with Crippen LogP contribution >= 0.6 is 11.6 Å². The van der Waals surface area contributed by atoms with Gasteiger partial charge in [0.2, 0.25) is 0 Å². The molecule has 0 aliphatic carbocycles. The summed E-state index contributed by atoms with van der Waals surface area (Å²) in [6, 6.07) is 8.25. The zero-order valence-corrected chi connectivity index (χ0v) is 11.6. The molecule has 0 spiro atoms. The second-order valence-electron chi connectivity index (χ2n) is 4.54. The summed E-state index contributed by atoms with van der Waals surface area (Å²) in [4.78, 5) is 0. The van der Waals surface area contributed by atoms with Gasteiger partial charge in [-0.25, -0.2) is 8.78 Å². The van der Waals surface area contributed by atoms with Crippen molar-refractivity contribution in [2.75, 3.05) is 11.9 Å². The van der Waals surface area contributed by atoms with Gasteiger partial charge in [0.25, 0.3) is 0 Å². The van der Waals surface area contributed by atoms with Crippen molar-refractivity contribution in [3.05, 3.63) is 64.2 Å². The normalized spacial score (nSPS) is 12.2. The van der Waals surface area contributed by atoms with Gasteiger partial charge in [0.15, 0.2) is 0 Å². The average Bonchev–Trinajstić information content (AvgIpc) is 2.38. The van der Waals surface area contributed by atoms with Crippen LogP contribution in [0.25, 0.3) is 0 Å². The Balaban J connectivity index is 2.31. The third-order valence-electron chi connectivity index (χ3n) is 2.92. The smallest absolute Gasteiger partial charge is 0.147 e. The Labute approximate surface area is 121 Å². The fraction of sp³-hybridized carbons (Fsp3) is 0.200. The topological polar surface area (TPSA) is 32.3 Å². The van der Waals surface area contributed by atoms with Gasteiger partial charge in [0, 0.05) is 11.3 Å². The van der Waals surface area contributed by atoms with Crippen LogP contribution in [0.3, 0.4) is 0 Å². The van der Waals surface area contributed by atoms with Crippen molar-refractivity contribution in [2.24, 2.45) is 0 Å². The Morgan fingerprint density at radius 1 is 1.25 bits per heavy atom. The van der Waals surface area contributed by atoms with Crippen LogP contribution < -0.4 is 5.32 Å². The number of rotatable bonds is 4. The molecule has 2 aromatic rings. The SMILES string of the molecule is Cc1cc(F)cc(NC(CO)c2cccc(Cl)c2F)c1. The highest BCUT2D eigenvalue weighted by atomic mass is 35.5. The summed E-state index contributed by atoms with van der Waals surface area (Å²) in [6.07, 6.45) is 0. The molecule has 0 fully saturated rings. The first-order chi connectivity index (χ1) is 9.51. The Kier molecular flexibility index (Phi) is 4.57. The summed E-state index contributed by atoms with van der Waals surface area (Å²) in [5.41, 5.74) is 1.44. The molecule has 0 bridgehead atoms. The van der Waals surface area contributed by atoms with E-state index in [9.17, 15) is 13.9 Å². The fourth-order valence-corrected chi connectivity index (χ4v) is 2.21. The minimum Gasteiger partial charge on any atom is -0.394 e. The van der Waals surface area contributed by atoms with Gasteiger partial charge in [0.1, 0.15) is 11.6 Å². The quantitative estimate of drug-likeness (QED) is 0.891. The zero-order valence-electron chi connectivity index (χ0n) is 10.8. The van der Waals surface area contributed by atoms with Crippen LogP contribution in [0.4, 0.5) is 14.5 Å². The minimum atomic E-state index is -0.699. The standard InChI is InChI=1S/C15H14ClF2NO/c1-9-5-10(17)7-11(6-9)19-14(8-20)12-3-2-4-13(16)15(12)18/h2-7,14,19-20H,8H2,1H3. The molecule has 1 atom stereocenters. The van der Waals surface area contributed by atoms with E-state index in [1.165, 1.54) is 24.3 Å². The molecule has 20 heavy (non-hydrogen) atoms. The summed E-state index contributed by atoms with van der Waals surface area (Å²) in [7, 11) is 0. The number of hydrogen-bond donors (Lipinski definition) is 2. The number of nitrogens with one attached hydrogen (secondary N) is 1. The minimum absolute atomic E-state index is 0.0156. The first kappa shape index (κ1) is 14.8. The van der Waals surface area contributed by atoms with Gasteiger partial charge in [0.05, 0.1) is 17.7 Å². The van der Waals surface area contributed by atoms with E-state index in [1.807, 2.05) is 0 Å². The van der Waals surface area contributed by atoms with Crippen LogP contribution in [-0.4, -0.2) is 11.7 Å². The molecule has 2 nitrogen and oxygen atoms in total. The largest absolute Gasteiger partial charge is 0.394 e. The maximum absolute atomic E-state index is 13.9. The molecule has 2 rings (SSSR count). The van der Waals surface area contributed by atoms with E-state index in [0.29, 0.717) is 5.69 Å². The van der Waals surface area contributed by atoms with Gasteiger partial charge in [-0.2, -0.15) is 0 Å². The molecule has 1 unspecified atom stereocenters. The summed E-state index contributed by atoms with van der Waals surface area (Å²) in [5.74, 6) is -0.982. The third kappa shape index (κ3) is 3.26. The molecule has 2 N–H and O–H groups in total. The molecule has 0 aliphatic heterocycles. The predicted molar refractivity (Wildman–Crippen MR) is 76.0 cm³/mol. The lowest BCUT2D eigenvalue weighted by Gasteiger charge is -2.19. The van der Waals surface area contributed by atoms with Crippen LogP contribution in [-0.2, 0) is 0 Å². The Morgan fingerprint density at radius 3 is 2.65 bits per heavy atom. The second-order valence-corrected chi connectivity index (χ2v) is 4.95. The lowest BCUT2D eigenvalue weighted by Crippen LogP contribution is -2.16. The van der Waals surface area contributed by atoms with Crippen molar-refractivity contribution in [3.8, 4) is 0 Å². The Morgan fingerprint density at radius 2 is 2.00 bits per heavy atom. The predicted octanol–water partition coefficient (Wildman–Crippen LogP) is 4.07. The fourth-order valence-electron chi connectivity index (χ4n) is 2.03. The van der Waals surface area contributed by atoms with Gasteiger partial charge in [-0.1, -0.05) is 23.7 Å². The molecule has 0 saturated carbocycles. The maximum atomic E-state index is 13.9. The zero-order chi connectivity index (χ0) is 14.7. The first-order valence-corrected chi connectivity index (χ1v) is 6.47. The van der Waals surface area contributed by atoms with Gasteiger partial charge in [-0.05, 0) is 36.8 Å². The number of anilines is 1. The third-order valence-corrected chi connectivity index (χ3v) is 3.21. The van der Waals surface area contributed by atoms with Crippen molar-refractivity contribution in [3.63, 3.8) is 0 Å². The van der Waals surface area contributed by atoms with Crippen molar-refractivity contribution in [2.45, 2.75) is 13.0 Å².